The van der Waals surface area contributed by atoms with Crippen LogP contribution in [0.2, 0.25) is 10.0 Å². The molecule has 5 rings (SSSR count). The van der Waals surface area contributed by atoms with E-state index in [0.29, 0.717) is 57.2 Å². The first kappa shape index (κ1) is 26.3. The Morgan fingerprint density at radius 1 is 1.16 bits per heavy atom. The van der Waals surface area contributed by atoms with Gasteiger partial charge in [-0.15, -0.1) is 0 Å². The maximum atomic E-state index is 13.3. The number of amides is 2. The number of carbonyl (C=O) groups is 2. The molecule has 0 saturated carbocycles. The highest BCUT2D eigenvalue weighted by Crippen LogP contribution is 2.34. The number of fused-ring (bicyclic) bond motifs is 1. The number of aryl methyl sites for hydroxylation is 1. The van der Waals surface area contributed by atoms with Gasteiger partial charge in [-0.3, -0.25) is 14.6 Å². The van der Waals surface area contributed by atoms with Crippen molar-refractivity contribution in [2.75, 3.05) is 30.3 Å². The summed E-state index contributed by atoms with van der Waals surface area (Å²) in [7, 11) is 1.83. The van der Waals surface area contributed by atoms with E-state index in [9.17, 15) is 9.59 Å². The summed E-state index contributed by atoms with van der Waals surface area (Å²) < 4.78 is 8.80. The lowest BCUT2D eigenvalue weighted by Crippen LogP contribution is -2.29. The van der Waals surface area contributed by atoms with Crippen molar-refractivity contribution in [2.45, 2.75) is 12.8 Å². The molecular weight excluding hydrogens is 595 g/mol. The SMILES string of the molecule is Cn1c(Nc2c(Cl)cncc2Cl)nc2cc(C(=O)Nc3ccc(Br)cc3)c(OCCN3CCCC3=O)cc21. The number of pyridine rings is 1. The molecule has 1 aliphatic heterocycles. The summed E-state index contributed by atoms with van der Waals surface area (Å²) in [6, 6.07) is 10.7. The second-order valence-electron chi connectivity index (χ2n) is 8.73. The average molecular weight is 618 g/mol. The third kappa shape index (κ3) is 5.57. The Labute approximate surface area is 237 Å². The molecule has 2 aromatic carbocycles. The van der Waals surface area contributed by atoms with Crippen LogP contribution in [0.1, 0.15) is 23.2 Å². The average Bonchev–Trinajstić information content (AvgIpc) is 3.44. The van der Waals surface area contributed by atoms with Crippen molar-refractivity contribution in [1.29, 1.82) is 0 Å². The van der Waals surface area contributed by atoms with Crippen molar-refractivity contribution in [3.05, 3.63) is 68.9 Å². The summed E-state index contributed by atoms with van der Waals surface area (Å²) in [5.74, 6) is 0.622. The molecule has 2 N–H and O–H groups in total. The quantitative estimate of drug-likeness (QED) is 0.250. The smallest absolute Gasteiger partial charge is 0.259 e. The summed E-state index contributed by atoms with van der Waals surface area (Å²) in [4.78, 5) is 35.8. The van der Waals surface area contributed by atoms with Gasteiger partial charge >= 0.3 is 0 Å². The first-order valence-electron chi connectivity index (χ1n) is 11.8. The number of hydrogen-bond acceptors (Lipinski definition) is 6. The van der Waals surface area contributed by atoms with Crippen molar-refractivity contribution >= 4 is 79.3 Å². The fourth-order valence-corrected chi connectivity index (χ4v) is 4.93. The number of nitrogens with one attached hydrogen (secondary N) is 2. The predicted molar refractivity (Wildman–Crippen MR) is 152 cm³/mol. The van der Waals surface area contributed by atoms with Gasteiger partial charge < -0.3 is 24.8 Å². The standard InChI is InChI=1S/C26H23BrCl2N6O3/c1-34-21-12-22(38-10-9-35-8-2-3-23(35)36)17(25(37)31-16-6-4-15(27)5-7-16)11-20(21)32-26(34)33-24-18(28)13-30-14-19(24)29/h4-7,11-14H,2-3,8-10H2,1H3,(H,31,37)(H,30,32,33). The number of aromatic nitrogens is 3. The first-order valence-corrected chi connectivity index (χ1v) is 13.4. The molecular formula is C26H23BrCl2N6O3. The van der Waals surface area contributed by atoms with Crippen molar-refractivity contribution < 1.29 is 14.3 Å². The van der Waals surface area contributed by atoms with E-state index in [2.05, 4.69) is 36.5 Å². The highest BCUT2D eigenvalue weighted by atomic mass is 79.9. The van der Waals surface area contributed by atoms with Crippen molar-refractivity contribution in [3.8, 4) is 5.75 Å². The van der Waals surface area contributed by atoms with Gasteiger partial charge in [0.05, 0.1) is 38.9 Å². The topological polar surface area (TPSA) is 101 Å². The molecule has 2 amide bonds. The second-order valence-corrected chi connectivity index (χ2v) is 10.5. The van der Waals surface area contributed by atoms with Gasteiger partial charge in [0, 0.05) is 48.6 Å². The number of likely N-dealkylation sites (tertiary alicyclic amines) is 1. The Morgan fingerprint density at radius 3 is 2.58 bits per heavy atom. The molecule has 0 spiro atoms. The molecule has 1 saturated heterocycles. The summed E-state index contributed by atoms with van der Waals surface area (Å²) in [5.41, 5.74) is 2.72. The highest BCUT2D eigenvalue weighted by Gasteiger charge is 2.22. The number of rotatable bonds is 8. The number of imidazole rings is 1. The Balaban J connectivity index is 1.47. The molecule has 38 heavy (non-hydrogen) atoms. The monoisotopic (exact) mass is 616 g/mol. The van der Waals surface area contributed by atoms with E-state index in [1.807, 2.05) is 23.7 Å². The van der Waals surface area contributed by atoms with Gasteiger partial charge in [0.2, 0.25) is 11.9 Å². The van der Waals surface area contributed by atoms with Crippen LogP contribution in [0.3, 0.4) is 0 Å². The predicted octanol–water partition coefficient (Wildman–Crippen LogP) is 6.03. The van der Waals surface area contributed by atoms with Crippen LogP contribution >= 0.6 is 39.1 Å². The van der Waals surface area contributed by atoms with Crippen LogP contribution in [0.5, 0.6) is 5.75 Å². The van der Waals surface area contributed by atoms with Crippen molar-refractivity contribution in [3.63, 3.8) is 0 Å². The van der Waals surface area contributed by atoms with E-state index < -0.39 is 0 Å². The minimum Gasteiger partial charge on any atom is -0.491 e. The largest absolute Gasteiger partial charge is 0.491 e. The minimum absolute atomic E-state index is 0.119. The van der Waals surface area contributed by atoms with Gasteiger partial charge in [-0.2, -0.15) is 0 Å². The molecule has 0 bridgehead atoms. The minimum atomic E-state index is -0.346. The van der Waals surface area contributed by atoms with Gasteiger partial charge in [-0.1, -0.05) is 39.1 Å². The number of nitrogens with zero attached hydrogens (tertiary/aromatic N) is 4. The third-order valence-electron chi connectivity index (χ3n) is 6.21. The molecule has 12 heteroatoms. The van der Waals surface area contributed by atoms with E-state index in [1.165, 1.54) is 12.4 Å². The van der Waals surface area contributed by atoms with Crippen LogP contribution in [-0.4, -0.2) is 50.9 Å². The maximum absolute atomic E-state index is 13.3. The Bertz CT molecular complexity index is 1510. The van der Waals surface area contributed by atoms with Gasteiger partial charge in [0.1, 0.15) is 12.4 Å². The summed E-state index contributed by atoms with van der Waals surface area (Å²) >= 11 is 16.0. The van der Waals surface area contributed by atoms with E-state index in [-0.39, 0.29) is 18.4 Å². The van der Waals surface area contributed by atoms with Crippen LogP contribution in [0.4, 0.5) is 17.3 Å². The molecule has 3 heterocycles. The zero-order valence-corrected chi connectivity index (χ0v) is 23.4. The van der Waals surface area contributed by atoms with Crippen LogP contribution in [0.15, 0.2) is 53.3 Å². The third-order valence-corrected chi connectivity index (χ3v) is 7.31. The number of anilines is 3. The Kier molecular flexibility index (Phi) is 7.73. The molecule has 1 fully saturated rings. The van der Waals surface area contributed by atoms with Gasteiger partial charge in [0.15, 0.2) is 0 Å². The lowest BCUT2D eigenvalue weighted by atomic mass is 10.1. The highest BCUT2D eigenvalue weighted by molar-refractivity contribution is 9.10. The summed E-state index contributed by atoms with van der Waals surface area (Å²) in [6.07, 6.45) is 4.38. The lowest BCUT2D eigenvalue weighted by molar-refractivity contribution is -0.128. The Hall–Kier alpha value is -3.34. The normalized spacial score (nSPS) is 13.3. The first-order chi connectivity index (χ1) is 18.3. The number of halogens is 3. The van der Waals surface area contributed by atoms with E-state index >= 15 is 0 Å². The molecule has 0 unspecified atom stereocenters. The maximum Gasteiger partial charge on any atom is 0.259 e. The molecule has 2 aromatic heterocycles. The van der Waals surface area contributed by atoms with Gasteiger partial charge in [-0.25, -0.2) is 4.98 Å². The molecule has 9 nitrogen and oxygen atoms in total. The molecule has 0 aliphatic carbocycles. The number of ether oxygens (including phenoxy) is 1. The van der Waals surface area contributed by atoms with E-state index in [0.717, 1.165) is 23.0 Å². The summed E-state index contributed by atoms with van der Waals surface area (Å²) in [6.45, 7) is 1.41. The molecule has 0 radical (unpaired) electrons. The molecule has 1 aliphatic rings. The zero-order chi connectivity index (χ0) is 26.8. The van der Waals surface area contributed by atoms with Gasteiger partial charge in [0.25, 0.3) is 5.91 Å². The fraction of sp³-hybridized carbons (Fsp3) is 0.231. The summed E-state index contributed by atoms with van der Waals surface area (Å²) in [5, 5.41) is 6.76. The molecule has 4 aromatic rings. The number of carbonyl (C=O) groups excluding carboxylic acids is 2. The number of hydrogen-bond donors (Lipinski definition) is 2. The lowest BCUT2D eigenvalue weighted by Gasteiger charge is -2.17. The van der Waals surface area contributed by atoms with Crippen molar-refractivity contribution in [1.82, 2.24) is 19.4 Å². The molecule has 0 atom stereocenters. The Morgan fingerprint density at radius 2 is 1.89 bits per heavy atom. The molecule has 196 valence electrons. The fourth-order valence-electron chi connectivity index (χ4n) is 4.21. The van der Waals surface area contributed by atoms with E-state index in [4.69, 9.17) is 27.9 Å². The van der Waals surface area contributed by atoms with Crippen LogP contribution < -0.4 is 15.4 Å². The zero-order valence-electron chi connectivity index (χ0n) is 20.3. The van der Waals surface area contributed by atoms with Crippen LogP contribution in [0.25, 0.3) is 11.0 Å². The van der Waals surface area contributed by atoms with Crippen LogP contribution in [-0.2, 0) is 11.8 Å². The van der Waals surface area contributed by atoms with E-state index in [1.54, 1.807) is 29.2 Å². The second kappa shape index (κ2) is 11.2. The number of benzene rings is 2. The van der Waals surface area contributed by atoms with Crippen LogP contribution in [0, 0.1) is 0 Å². The van der Waals surface area contributed by atoms with Gasteiger partial charge in [-0.05, 0) is 36.8 Å². The van der Waals surface area contributed by atoms with Crippen molar-refractivity contribution in [2.24, 2.45) is 7.05 Å².